The second kappa shape index (κ2) is 3.82. The van der Waals surface area contributed by atoms with Gasteiger partial charge in [0.05, 0.1) is 12.3 Å². The van der Waals surface area contributed by atoms with Crippen molar-refractivity contribution >= 4 is 12.0 Å². The lowest BCUT2D eigenvalue weighted by Crippen LogP contribution is -1.97. The zero-order valence-corrected chi connectivity index (χ0v) is 6.86. The Balaban J connectivity index is 2.94. The molecule has 0 aromatic carbocycles. The summed E-state index contributed by atoms with van der Waals surface area (Å²) in [5.74, 6) is 0.272. The molecule has 1 aromatic rings. The third kappa shape index (κ3) is 2.03. The van der Waals surface area contributed by atoms with E-state index in [1.165, 1.54) is 0 Å². The molecule has 0 saturated heterocycles. The Morgan fingerprint density at radius 2 is 2.42 bits per heavy atom. The molecule has 0 amide bonds. The van der Waals surface area contributed by atoms with Gasteiger partial charge < -0.3 is 10.8 Å². The highest BCUT2D eigenvalue weighted by molar-refractivity contribution is 5.51. The topological polar surface area (TPSA) is 72.0 Å². The number of aryl methyl sites for hydroxylation is 1. The minimum atomic E-state index is 0.0177. The maximum Gasteiger partial charge on any atom is 0.220 e. The number of nitrogen functional groups attached to an aromatic ring is 1. The van der Waals surface area contributed by atoms with Gasteiger partial charge in [0.2, 0.25) is 5.95 Å². The van der Waals surface area contributed by atoms with Crippen LogP contribution in [0, 0.1) is 6.92 Å². The summed E-state index contributed by atoms with van der Waals surface area (Å²) < 4.78 is 0. The molecule has 0 aliphatic carbocycles. The molecule has 1 aromatic heterocycles. The number of hydrogen-bond donors (Lipinski definition) is 2. The molecule has 12 heavy (non-hydrogen) atoms. The van der Waals surface area contributed by atoms with E-state index in [0.717, 1.165) is 11.3 Å². The van der Waals surface area contributed by atoms with E-state index in [1.54, 1.807) is 18.3 Å². The van der Waals surface area contributed by atoms with Crippen LogP contribution in [0.3, 0.4) is 0 Å². The molecule has 0 bridgehead atoms. The fourth-order valence-electron chi connectivity index (χ4n) is 0.838. The van der Waals surface area contributed by atoms with Gasteiger partial charge in [0.25, 0.3) is 0 Å². The molecule has 4 heteroatoms. The number of aromatic nitrogens is 2. The van der Waals surface area contributed by atoms with Gasteiger partial charge in [-0.15, -0.1) is 0 Å². The van der Waals surface area contributed by atoms with Crippen molar-refractivity contribution in [1.29, 1.82) is 0 Å². The van der Waals surface area contributed by atoms with Crippen LogP contribution >= 0.6 is 0 Å². The summed E-state index contributed by atoms with van der Waals surface area (Å²) in [5.41, 5.74) is 7.05. The van der Waals surface area contributed by atoms with Gasteiger partial charge in [-0.2, -0.15) is 0 Å². The average Bonchev–Trinajstić information content (AvgIpc) is 2.03. The maximum absolute atomic E-state index is 8.52. The SMILES string of the molecule is Cc1nc(N)ncc1C=CCO. The van der Waals surface area contributed by atoms with Crippen molar-refractivity contribution in [3.05, 3.63) is 23.5 Å². The highest BCUT2D eigenvalue weighted by atomic mass is 16.2. The number of hydrogen-bond acceptors (Lipinski definition) is 4. The number of aliphatic hydroxyl groups is 1. The first kappa shape index (κ1) is 8.67. The van der Waals surface area contributed by atoms with Gasteiger partial charge in [0.1, 0.15) is 0 Å². The van der Waals surface area contributed by atoms with E-state index in [0.29, 0.717) is 0 Å². The number of nitrogens with zero attached hydrogens (tertiary/aromatic N) is 2. The largest absolute Gasteiger partial charge is 0.392 e. The van der Waals surface area contributed by atoms with Crippen LogP contribution in [-0.2, 0) is 0 Å². The number of rotatable bonds is 2. The van der Waals surface area contributed by atoms with Crippen molar-refractivity contribution in [2.24, 2.45) is 0 Å². The van der Waals surface area contributed by atoms with Gasteiger partial charge in [-0.3, -0.25) is 0 Å². The van der Waals surface area contributed by atoms with Crippen LogP contribution in [0.1, 0.15) is 11.3 Å². The smallest absolute Gasteiger partial charge is 0.220 e. The number of aliphatic hydroxyl groups excluding tert-OH is 1. The van der Waals surface area contributed by atoms with E-state index in [-0.39, 0.29) is 12.6 Å². The van der Waals surface area contributed by atoms with Crippen molar-refractivity contribution < 1.29 is 5.11 Å². The summed E-state index contributed by atoms with van der Waals surface area (Å²) in [6.07, 6.45) is 5.01. The average molecular weight is 165 g/mol. The molecule has 4 nitrogen and oxygen atoms in total. The Labute approximate surface area is 70.8 Å². The van der Waals surface area contributed by atoms with Gasteiger partial charge in [-0.05, 0) is 6.92 Å². The molecule has 0 radical (unpaired) electrons. The Morgan fingerprint density at radius 3 is 3.00 bits per heavy atom. The van der Waals surface area contributed by atoms with Crippen LogP contribution in [0.2, 0.25) is 0 Å². The van der Waals surface area contributed by atoms with Crippen molar-refractivity contribution in [2.45, 2.75) is 6.92 Å². The first-order valence-electron chi connectivity index (χ1n) is 3.60. The standard InChI is InChI=1S/C8H11N3O/c1-6-7(3-2-4-12)5-10-8(9)11-6/h2-3,5,12H,4H2,1H3,(H2,9,10,11). The van der Waals surface area contributed by atoms with Crippen LogP contribution in [0.5, 0.6) is 0 Å². The van der Waals surface area contributed by atoms with Gasteiger partial charge in [0, 0.05) is 11.8 Å². The third-order valence-electron chi connectivity index (χ3n) is 1.44. The summed E-state index contributed by atoms with van der Waals surface area (Å²) in [6.45, 7) is 1.86. The second-order valence-electron chi connectivity index (χ2n) is 2.35. The van der Waals surface area contributed by atoms with E-state index in [4.69, 9.17) is 10.8 Å². The summed E-state index contributed by atoms with van der Waals surface area (Å²) >= 11 is 0. The van der Waals surface area contributed by atoms with Crippen LogP contribution < -0.4 is 5.73 Å². The van der Waals surface area contributed by atoms with Crippen molar-refractivity contribution in [3.8, 4) is 0 Å². The first-order valence-corrected chi connectivity index (χ1v) is 3.60. The fourth-order valence-corrected chi connectivity index (χ4v) is 0.838. The number of anilines is 1. The minimum Gasteiger partial charge on any atom is -0.392 e. The fraction of sp³-hybridized carbons (Fsp3) is 0.250. The molecule has 0 spiro atoms. The summed E-state index contributed by atoms with van der Waals surface area (Å²) in [5, 5.41) is 8.52. The molecule has 0 aliphatic rings. The predicted octanol–water partition coefficient (Wildman–Crippen LogP) is 0.373. The van der Waals surface area contributed by atoms with Crippen LogP contribution in [-0.4, -0.2) is 21.7 Å². The molecule has 0 atom stereocenters. The Bertz CT molecular complexity index is 296. The molecular formula is C8H11N3O. The van der Waals surface area contributed by atoms with E-state index in [2.05, 4.69) is 9.97 Å². The Morgan fingerprint density at radius 1 is 1.67 bits per heavy atom. The molecule has 3 N–H and O–H groups in total. The molecule has 0 unspecified atom stereocenters. The monoisotopic (exact) mass is 165 g/mol. The lowest BCUT2D eigenvalue weighted by atomic mass is 10.2. The van der Waals surface area contributed by atoms with Crippen molar-refractivity contribution in [3.63, 3.8) is 0 Å². The lowest BCUT2D eigenvalue weighted by molar-refractivity contribution is 0.343. The molecule has 0 fully saturated rings. The minimum absolute atomic E-state index is 0.0177. The Hall–Kier alpha value is -1.42. The quantitative estimate of drug-likeness (QED) is 0.664. The second-order valence-corrected chi connectivity index (χ2v) is 2.35. The van der Waals surface area contributed by atoms with E-state index in [9.17, 15) is 0 Å². The predicted molar refractivity (Wildman–Crippen MR) is 47.3 cm³/mol. The van der Waals surface area contributed by atoms with Crippen LogP contribution in [0.15, 0.2) is 12.3 Å². The first-order chi connectivity index (χ1) is 5.74. The molecule has 0 aliphatic heterocycles. The lowest BCUT2D eigenvalue weighted by Gasteiger charge is -1.98. The van der Waals surface area contributed by atoms with Gasteiger partial charge in [-0.1, -0.05) is 12.2 Å². The summed E-state index contributed by atoms with van der Waals surface area (Å²) in [4.78, 5) is 7.79. The highest BCUT2D eigenvalue weighted by Gasteiger charge is 1.95. The van der Waals surface area contributed by atoms with E-state index in [1.807, 2.05) is 6.92 Å². The zero-order valence-electron chi connectivity index (χ0n) is 6.86. The van der Waals surface area contributed by atoms with Gasteiger partial charge in [-0.25, -0.2) is 9.97 Å². The third-order valence-corrected chi connectivity index (χ3v) is 1.44. The van der Waals surface area contributed by atoms with Crippen LogP contribution in [0.4, 0.5) is 5.95 Å². The molecule has 64 valence electrons. The van der Waals surface area contributed by atoms with Crippen LogP contribution in [0.25, 0.3) is 6.08 Å². The highest BCUT2D eigenvalue weighted by Crippen LogP contribution is 2.06. The summed E-state index contributed by atoms with van der Waals surface area (Å²) in [6, 6.07) is 0. The molecular weight excluding hydrogens is 154 g/mol. The maximum atomic E-state index is 8.52. The van der Waals surface area contributed by atoms with Gasteiger partial charge >= 0.3 is 0 Å². The molecule has 0 saturated carbocycles. The molecule has 1 rings (SSSR count). The van der Waals surface area contributed by atoms with E-state index >= 15 is 0 Å². The normalized spacial score (nSPS) is 10.8. The number of nitrogens with two attached hydrogens (primary N) is 1. The van der Waals surface area contributed by atoms with Crippen molar-refractivity contribution in [1.82, 2.24) is 9.97 Å². The van der Waals surface area contributed by atoms with Crippen molar-refractivity contribution in [2.75, 3.05) is 12.3 Å². The van der Waals surface area contributed by atoms with E-state index < -0.39 is 0 Å². The van der Waals surface area contributed by atoms with Gasteiger partial charge in [0.15, 0.2) is 0 Å². The zero-order chi connectivity index (χ0) is 8.97. The Kier molecular flexibility index (Phi) is 2.76. The molecule has 1 heterocycles. The summed E-state index contributed by atoms with van der Waals surface area (Å²) in [7, 11) is 0.